The van der Waals surface area contributed by atoms with Crippen LogP contribution in [0.3, 0.4) is 0 Å². The smallest absolute Gasteiger partial charge is 0.131 e. The van der Waals surface area contributed by atoms with E-state index in [-0.39, 0.29) is 0 Å². The molecule has 0 aliphatic rings. The number of halogens is 1. The van der Waals surface area contributed by atoms with Gasteiger partial charge in [-0.05, 0) is 19.1 Å². The second-order valence-electron chi connectivity index (χ2n) is 3.65. The van der Waals surface area contributed by atoms with Gasteiger partial charge in [-0.1, -0.05) is 38.3 Å². The highest BCUT2D eigenvalue weighted by Gasteiger charge is 1.96. The van der Waals surface area contributed by atoms with Crippen LogP contribution in [0.25, 0.3) is 10.9 Å². The fraction of sp³-hybridized carbons (Fsp3) is 0.385. The molecule has 16 heavy (non-hydrogen) atoms. The predicted octanol–water partition coefficient (Wildman–Crippen LogP) is 4.40. The van der Waals surface area contributed by atoms with Crippen LogP contribution in [0, 0.1) is 6.92 Å². The largest absolute Gasteiger partial charge is 0.253 e. The number of unbranched alkanes of at least 4 members (excludes halogenated alkanes) is 1. The Morgan fingerprint density at radius 1 is 1.19 bits per heavy atom. The molecule has 0 saturated carbocycles. The molecule has 0 aliphatic heterocycles. The highest BCUT2D eigenvalue weighted by molar-refractivity contribution is 6.29. The molecule has 2 rings (SSSR count). The van der Waals surface area contributed by atoms with E-state index in [0.717, 1.165) is 16.6 Å². The summed E-state index contributed by atoms with van der Waals surface area (Å²) in [6, 6.07) is 5.71. The maximum absolute atomic E-state index is 5.72. The van der Waals surface area contributed by atoms with Crippen LogP contribution < -0.4 is 0 Å². The van der Waals surface area contributed by atoms with Crippen molar-refractivity contribution in [3.8, 4) is 0 Å². The SMILES string of the molecule is CCCC.Cc1ccc2cnc(Cl)cc2n1. The van der Waals surface area contributed by atoms with E-state index >= 15 is 0 Å². The zero-order valence-corrected chi connectivity index (χ0v) is 10.8. The van der Waals surface area contributed by atoms with E-state index in [1.807, 2.05) is 19.1 Å². The van der Waals surface area contributed by atoms with Gasteiger partial charge < -0.3 is 0 Å². The Morgan fingerprint density at radius 3 is 2.50 bits per heavy atom. The molecular weight excluding hydrogens is 220 g/mol. The van der Waals surface area contributed by atoms with Gasteiger partial charge in [0.25, 0.3) is 0 Å². The summed E-state index contributed by atoms with van der Waals surface area (Å²) in [7, 11) is 0. The standard InChI is InChI=1S/C9H7ClN2.C4H10/c1-6-2-3-7-5-11-9(10)4-8(7)12-6;1-3-4-2/h2-5H,1H3;3-4H2,1-2H3. The van der Waals surface area contributed by atoms with Crippen LogP contribution in [-0.2, 0) is 0 Å². The van der Waals surface area contributed by atoms with Gasteiger partial charge in [-0.25, -0.2) is 4.98 Å². The summed E-state index contributed by atoms with van der Waals surface area (Å²) in [6.45, 7) is 6.31. The Labute approximate surface area is 102 Å². The zero-order valence-electron chi connectivity index (χ0n) is 10.00. The number of aromatic nitrogens is 2. The van der Waals surface area contributed by atoms with Crippen molar-refractivity contribution in [2.75, 3.05) is 0 Å². The molecule has 0 fully saturated rings. The quantitative estimate of drug-likeness (QED) is 0.686. The number of hydrogen-bond acceptors (Lipinski definition) is 2. The van der Waals surface area contributed by atoms with E-state index in [0.29, 0.717) is 5.15 Å². The van der Waals surface area contributed by atoms with Crippen molar-refractivity contribution in [2.45, 2.75) is 33.6 Å². The summed E-state index contributed by atoms with van der Waals surface area (Å²) in [5, 5.41) is 1.51. The lowest BCUT2D eigenvalue weighted by Crippen LogP contribution is -1.84. The molecule has 0 atom stereocenters. The molecule has 2 nitrogen and oxygen atoms in total. The summed E-state index contributed by atoms with van der Waals surface area (Å²) >= 11 is 5.72. The average molecular weight is 237 g/mol. The first kappa shape index (κ1) is 12.9. The van der Waals surface area contributed by atoms with E-state index in [2.05, 4.69) is 23.8 Å². The Morgan fingerprint density at radius 2 is 1.88 bits per heavy atom. The Kier molecular flexibility index (Phi) is 5.20. The fourth-order valence-corrected chi connectivity index (χ4v) is 1.25. The number of nitrogens with zero attached hydrogens (tertiary/aromatic N) is 2. The van der Waals surface area contributed by atoms with Crippen LogP contribution >= 0.6 is 11.6 Å². The summed E-state index contributed by atoms with van der Waals surface area (Å²) in [5.41, 5.74) is 1.89. The monoisotopic (exact) mass is 236 g/mol. The minimum absolute atomic E-state index is 0.487. The number of rotatable bonds is 1. The Bertz CT molecular complexity index is 416. The maximum atomic E-state index is 5.72. The van der Waals surface area contributed by atoms with Crippen molar-refractivity contribution in [1.82, 2.24) is 9.97 Å². The van der Waals surface area contributed by atoms with E-state index in [1.165, 1.54) is 12.8 Å². The normalized spacial score (nSPS) is 9.75. The minimum Gasteiger partial charge on any atom is -0.253 e. The van der Waals surface area contributed by atoms with Gasteiger partial charge in [0.15, 0.2) is 0 Å². The molecule has 0 bridgehead atoms. The van der Waals surface area contributed by atoms with Gasteiger partial charge in [0, 0.05) is 23.3 Å². The van der Waals surface area contributed by atoms with Crippen molar-refractivity contribution in [3.63, 3.8) is 0 Å². The lowest BCUT2D eigenvalue weighted by atomic mass is 10.2. The topological polar surface area (TPSA) is 25.8 Å². The summed E-state index contributed by atoms with van der Waals surface area (Å²) < 4.78 is 0. The zero-order chi connectivity index (χ0) is 12.0. The summed E-state index contributed by atoms with van der Waals surface area (Å²) in [4.78, 5) is 8.27. The van der Waals surface area contributed by atoms with E-state index < -0.39 is 0 Å². The van der Waals surface area contributed by atoms with E-state index in [1.54, 1.807) is 12.3 Å². The third kappa shape index (κ3) is 3.78. The lowest BCUT2D eigenvalue weighted by molar-refractivity contribution is 0.886. The predicted molar refractivity (Wildman–Crippen MR) is 69.9 cm³/mol. The van der Waals surface area contributed by atoms with Gasteiger partial charge >= 0.3 is 0 Å². The summed E-state index contributed by atoms with van der Waals surface area (Å²) in [6.07, 6.45) is 4.37. The molecule has 0 N–H and O–H groups in total. The first-order chi connectivity index (χ1) is 7.67. The molecule has 2 aromatic rings. The molecular formula is C13H17ClN2. The van der Waals surface area contributed by atoms with E-state index in [4.69, 9.17) is 11.6 Å². The average Bonchev–Trinajstić information content (AvgIpc) is 2.29. The van der Waals surface area contributed by atoms with Gasteiger partial charge in [0.2, 0.25) is 0 Å². The van der Waals surface area contributed by atoms with Crippen LogP contribution in [0.15, 0.2) is 24.4 Å². The molecule has 0 saturated heterocycles. The minimum atomic E-state index is 0.487. The van der Waals surface area contributed by atoms with Gasteiger partial charge in [-0.2, -0.15) is 0 Å². The number of pyridine rings is 2. The maximum Gasteiger partial charge on any atom is 0.131 e. The van der Waals surface area contributed by atoms with Crippen molar-refractivity contribution in [2.24, 2.45) is 0 Å². The molecule has 0 aliphatic carbocycles. The van der Waals surface area contributed by atoms with Crippen LogP contribution in [0.1, 0.15) is 32.4 Å². The molecule has 2 heterocycles. The second-order valence-corrected chi connectivity index (χ2v) is 4.04. The number of fused-ring (bicyclic) bond motifs is 1. The van der Waals surface area contributed by atoms with Crippen LogP contribution in [-0.4, -0.2) is 9.97 Å². The molecule has 2 aromatic heterocycles. The highest BCUT2D eigenvalue weighted by Crippen LogP contribution is 2.14. The first-order valence-corrected chi connectivity index (χ1v) is 5.94. The number of aryl methyl sites for hydroxylation is 1. The second kappa shape index (κ2) is 6.44. The number of hydrogen-bond donors (Lipinski definition) is 0. The molecule has 0 aromatic carbocycles. The molecule has 0 radical (unpaired) electrons. The lowest BCUT2D eigenvalue weighted by Gasteiger charge is -1.97. The summed E-state index contributed by atoms with van der Waals surface area (Å²) in [5.74, 6) is 0. The Balaban J connectivity index is 0.000000280. The van der Waals surface area contributed by atoms with E-state index in [9.17, 15) is 0 Å². The van der Waals surface area contributed by atoms with Crippen LogP contribution in [0.5, 0.6) is 0 Å². The molecule has 0 amide bonds. The Hall–Kier alpha value is -1.15. The molecule has 3 heteroatoms. The first-order valence-electron chi connectivity index (χ1n) is 5.56. The third-order valence-corrected chi connectivity index (χ3v) is 2.39. The van der Waals surface area contributed by atoms with Crippen LogP contribution in [0.2, 0.25) is 5.15 Å². The fourth-order valence-electron chi connectivity index (χ4n) is 1.09. The van der Waals surface area contributed by atoms with Gasteiger partial charge in [-0.15, -0.1) is 0 Å². The molecule has 86 valence electrons. The molecule has 0 unspecified atom stereocenters. The highest BCUT2D eigenvalue weighted by atomic mass is 35.5. The van der Waals surface area contributed by atoms with Gasteiger partial charge in [0.1, 0.15) is 5.15 Å². The molecule has 0 spiro atoms. The van der Waals surface area contributed by atoms with Crippen molar-refractivity contribution < 1.29 is 0 Å². The van der Waals surface area contributed by atoms with Crippen molar-refractivity contribution in [3.05, 3.63) is 35.2 Å². The van der Waals surface area contributed by atoms with Crippen LogP contribution in [0.4, 0.5) is 0 Å². The third-order valence-electron chi connectivity index (χ3n) is 2.18. The van der Waals surface area contributed by atoms with Crippen molar-refractivity contribution in [1.29, 1.82) is 0 Å². The van der Waals surface area contributed by atoms with Crippen molar-refractivity contribution >= 4 is 22.5 Å². The van der Waals surface area contributed by atoms with Gasteiger partial charge in [0.05, 0.1) is 5.52 Å². The van der Waals surface area contributed by atoms with Gasteiger partial charge in [-0.3, -0.25) is 4.98 Å².